The molecule has 1 aromatic rings. The van der Waals surface area contributed by atoms with Gasteiger partial charge in [0.1, 0.15) is 12.4 Å². The van der Waals surface area contributed by atoms with Gasteiger partial charge in [-0.2, -0.15) is 0 Å². The van der Waals surface area contributed by atoms with Crippen LogP contribution in [0.5, 0.6) is 0 Å². The molecule has 118 valence electrons. The maximum absolute atomic E-state index is 5.65. The quantitative estimate of drug-likeness (QED) is 0.771. The van der Waals surface area contributed by atoms with Crippen molar-refractivity contribution in [3.63, 3.8) is 0 Å². The van der Waals surface area contributed by atoms with Crippen molar-refractivity contribution >= 4 is 0 Å². The van der Waals surface area contributed by atoms with Crippen molar-refractivity contribution in [1.82, 2.24) is 5.32 Å². The number of ether oxygens (including phenoxy) is 1. The van der Waals surface area contributed by atoms with Gasteiger partial charge >= 0.3 is 0 Å². The summed E-state index contributed by atoms with van der Waals surface area (Å²) in [5.41, 5.74) is 0.964. The minimum absolute atomic E-state index is 0.446. The van der Waals surface area contributed by atoms with Gasteiger partial charge in [-0.25, -0.2) is 0 Å². The average molecular weight is 291 g/mol. The summed E-state index contributed by atoms with van der Waals surface area (Å²) in [5.74, 6) is 1.82. The van der Waals surface area contributed by atoms with Crippen LogP contribution in [-0.4, -0.2) is 19.2 Å². The average Bonchev–Trinajstić information content (AvgIpc) is 3.10. The number of nitrogens with one attached hydrogen (secondary N) is 1. The molecule has 3 unspecified atom stereocenters. The molecule has 3 atom stereocenters. The number of hydrogen-bond acceptors (Lipinski definition) is 3. The Labute approximate surface area is 128 Å². The molecular weight excluding hydrogens is 262 g/mol. The molecule has 2 bridgehead atoms. The van der Waals surface area contributed by atoms with E-state index in [0.29, 0.717) is 23.5 Å². The molecule has 2 aliphatic rings. The third-order valence-corrected chi connectivity index (χ3v) is 5.91. The van der Waals surface area contributed by atoms with Crippen LogP contribution in [0.4, 0.5) is 0 Å². The van der Waals surface area contributed by atoms with Crippen molar-refractivity contribution in [2.45, 2.75) is 59.1 Å². The van der Waals surface area contributed by atoms with Crippen LogP contribution in [-0.2, 0) is 11.3 Å². The second kappa shape index (κ2) is 5.77. The summed E-state index contributed by atoms with van der Waals surface area (Å²) in [5, 5.41) is 3.83. The van der Waals surface area contributed by atoms with Crippen LogP contribution in [0.1, 0.15) is 52.2 Å². The second-order valence-corrected chi connectivity index (χ2v) is 7.79. The van der Waals surface area contributed by atoms with Crippen molar-refractivity contribution < 1.29 is 9.15 Å². The molecule has 21 heavy (non-hydrogen) atoms. The van der Waals surface area contributed by atoms with Crippen molar-refractivity contribution in [2.75, 3.05) is 13.2 Å². The fraction of sp³-hybridized carbons (Fsp3) is 0.778. The summed E-state index contributed by atoms with van der Waals surface area (Å²) in [6.07, 6.45) is 6.99. The first-order valence-electron chi connectivity index (χ1n) is 8.36. The zero-order chi connectivity index (χ0) is 14.9. The first kappa shape index (κ1) is 15.1. The fourth-order valence-electron chi connectivity index (χ4n) is 4.80. The lowest BCUT2D eigenvalue weighted by atomic mass is 9.68. The van der Waals surface area contributed by atoms with Crippen molar-refractivity contribution in [1.29, 1.82) is 0 Å². The highest BCUT2D eigenvalue weighted by molar-refractivity contribution is 5.11. The van der Waals surface area contributed by atoms with E-state index >= 15 is 0 Å². The van der Waals surface area contributed by atoms with Gasteiger partial charge in [0, 0.05) is 12.6 Å². The Bertz CT molecular complexity index is 449. The maximum Gasteiger partial charge on any atom is 0.129 e. The molecule has 0 amide bonds. The van der Waals surface area contributed by atoms with Gasteiger partial charge in [-0.15, -0.1) is 0 Å². The number of rotatable bonds is 7. The van der Waals surface area contributed by atoms with E-state index < -0.39 is 0 Å². The van der Waals surface area contributed by atoms with Gasteiger partial charge in [-0.05, 0) is 61.1 Å². The van der Waals surface area contributed by atoms with Gasteiger partial charge in [0.05, 0.1) is 6.26 Å². The van der Waals surface area contributed by atoms with Gasteiger partial charge in [0.2, 0.25) is 0 Å². The smallest absolute Gasteiger partial charge is 0.129 e. The Morgan fingerprint density at radius 1 is 1.38 bits per heavy atom. The van der Waals surface area contributed by atoms with Gasteiger partial charge in [0.15, 0.2) is 0 Å². The van der Waals surface area contributed by atoms with Crippen molar-refractivity contribution in [3.8, 4) is 0 Å². The van der Waals surface area contributed by atoms with Crippen LogP contribution >= 0.6 is 0 Å². The van der Waals surface area contributed by atoms with E-state index in [0.717, 1.165) is 31.3 Å². The molecule has 0 aliphatic heterocycles. The van der Waals surface area contributed by atoms with Crippen LogP contribution in [0.25, 0.3) is 0 Å². The van der Waals surface area contributed by atoms with Gasteiger partial charge in [-0.1, -0.05) is 20.8 Å². The minimum Gasteiger partial charge on any atom is -0.467 e. The summed E-state index contributed by atoms with van der Waals surface area (Å²) < 4.78 is 10.9. The highest BCUT2D eigenvalue weighted by Crippen LogP contribution is 2.62. The molecule has 0 radical (unpaired) electrons. The number of furan rings is 1. The van der Waals surface area contributed by atoms with Crippen LogP contribution in [0.15, 0.2) is 22.8 Å². The van der Waals surface area contributed by atoms with Crippen molar-refractivity contribution in [3.05, 3.63) is 24.2 Å². The Kier molecular flexibility index (Phi) is 4.15. The highest BCUT2D eigenvalue weighted by atomic mass is 16.5. The number of hydrogen-bond donors (Lipinski definition) is 1. The normalized spacial score (nSPS) is 33.7. The van der Waals surface area contributed by atoms with Gasteiger partial charge < -0.3 is 14.5 Å². The van der Waals surface area contributed by atoms with E-state index in [9.17, 15) is 0 Å². The largest absolute Gasteiger partial charge is 0.467 e. The Morgan fingerprint density at radius 3 is 2.90 bits per heavy atom. The first-order valence-corrected chi connectivity index (χ1v) is 8.36. The van der Waals surface area contributed by atoms with E-state index in [4.69, 9.17) is 9.15 Å². The van der Waals surface area contributed by atoms with Gasteiger partial charge in [-0.3, -0.25) is 0 Å². The second-order valence-electron chi connectivity index (χ2n) is 7.79. The Morgan fingerprint density at radius 2 is 2.24 bits per heavy atom. The molecule has 3 rings (SSSR count). The Balaban J connectivity index is 1.37. The standard InChI is InChI=1S/C18H29NO2/c1-17(2)14-7-8-18(3,12-14)16(17)19-9-5-10-20-13-15-6-4-11-21-15/h4,6,11,14,16,19H,5,7-10,12-13H2,1-3H3. The zero-order valence-electron chi connectivity index (χ0n) is 13.7. The third-order valence-electron chi connectivity index (χ3n) is 5.91. The molecule has 2 aliphatic carbocycles. The lowest BCUT2D eigenvalue weighted by molar-refractivity contribution is 0.0891. The van der Waals surface area contributed by atoms with E-state index in [1.807, 2.05) is 12.1 Å². The lowest BCUT2D eigenvalue weighted by Crippen LogP contribution is -2.50. The molecule has 3 heteroatoms. The summed E-state index contributed by atoms with van der Waals surface area (Å²) in [6, 6.07) is 4.52. The van der Waals surface area contributed by atoms with Crippen molar-refractivity contribution in [2.24, 2.45) is 16.7 Å². The van der Waals surface area contributed by atoms with Crippen LogP contribution < -0.4 is 5.32 Å². The van der Waals surface area contributed by atoms with E-state index in [-0.39, 0.29) is 0 Å². The molecule has 0 aromatic carbocycles. The maximum atomic E-state index is 5.65. The first-order chi connectivity index (χ1) is 10.0. The topological polar surface area (TPSA) is 34.4 Å². The molecule has 0 spiro atoms. The van der Waals surface area contributed by atoms with E-state index in [1.165, 1.54) is 19.3 Å². The molecule has 1 N–H and O–H groups in total. The highest BCUT2D eigenvalue weighted by Gasteiger charge is 2.58. The minimum atomic E-state index is 0.446. The molecule has 1 heterocycles. The molecule has 2 saturated carbocycles. The van der Waals surface area contributed by atoms with Gasteiger partial charge in [0.25, 0.3) is 0 Å². The summed E-state index contributed by atoms with van der Waals surface area (Å²) in [4.78, 5) is 0. The monoisotopic (exact) mass is 291 g/mol. The summed E-state index contributed by atoms with van der Waals surface area (Å²) in [6.45, 7) is 9.81. The SMILES string of the molecule is CC12CCC(C1)C(C)(C)C2NCCCOCc1ccco1. The molecule has 1 aromatic heterocycles. The molecule has 2 fully saturated rings. The summed E-state index contributed by atoms with van der Waals surface area (Å²) >= 11 is 0. The van der Waals surface area contributed by atoms with E-state index in [1.54, 1.807) is 6.26 Å². The summed E-state index contributed by atoms with van der Waals surface area (Å²) in [7, 11) is 0. The molecular formula is C18H29NO2. The van der Waals surface area contributed by atoms with E-state index in [2.05, 4.69) is 26.1 Å². The lowest BCUT2D eigenvalue weighted by Gasteiger charge is -2.43. The van der Waals surface area contributed by atoms with Crippen LogP contribution in [0.3, 0.4) is 0 Å². The fourth-order valence-corrected chi connectivity index (χ4v) is 4.80. The predicted molar refractivity (Wildman–Crippen MR) is 84.0 cm³/mol. The Hall–Kier alpha value is -0.800. The number of fused-ring (bicyclic) bond motifs is 2. The van der Waals surface area contributed by atoms with Crippen LogP contribution in [0.2, 0.25) is 0 Å². The molecule has 3 nitrogen and oxygen atoms in total. The zero-order valence-corrected chi connectivity index (χ0v) is 13.7. The molecule has 0 saturated heterocycles. The van der Waals surface area contributed by atoms with Crippen LogP contribution in [0, 0.1) is 16.7 Å². The predicted octanol–water partition coefficient (Wildman–Crippen LogP) is 3.99. The third kappa shape index (κ3) is 2.91.